The summed E-state index contributed by atoms with van der Waals surface area (Å²) in [6, 6.07) is 2.42. The van der Waals surface area contributed by atoms with Crippen molar-refractivity contribution in [3.8, 4) is 11.5 Å². The van der Waals surface area contributed by atoms with Gasteiger partial charge in [0.1, 0.15) is 18.3 Å². The maximum atomic E-state index is 13.2. The van der Waals surface area contributed by atoms with E-state index in [0.29, 0.717) is 28.5 Å². The van der Waals surface area contributed by atoms with E-state index in [9.17, 15) is 19.5 Å². The van der Waals surface area contributed by atoms with Gasteiger partial charge in [0.15, 0.2) is 17.3 Å². The van der Waals surface area contributed by atoms with E-state index in [1.165, 1.54) is 9.36 Å². The van der Waals surface area contributed by atoms with E-state index in [2.05, 4.69) is 0 Å². The molecule has 1 aromatic heterocycles. The lowest BCUT2D eigenvalue weighted by Gasteiger charge is -2.36. The molecule has 2 aromatic rings. The monoisotopic (exact) mass is 421 g/mol. The average Bonchev–Trinajstić information content (AvgIpc) is 3.34. The van der Waals surface area contributed by atoms with E-state index in [1.807, 2.05) is 0 Å². The van der Waals surface area contributed by atoms with E-state index in [-0.39, 0.29) is 25.7 Å². The number of Topliss-reactive ketones (excluding diaryl/α,β-unsaturated/α-hetero) is 1. The van der Waals surface area contributed by atoms with Crippen LogP contribution in [0.1, 0.15) is 18.0 Å². The first-order chi connectivity index (χ1) is 14.0. The largest absolute Gasteiger partial charge is 0.454 e. The van der Waals surface area contributed by atoms with E-state index < -0.39 is 41.7 Å². The highest BCUT2D eigenvalue weighted by Crippen LogP contribution is 2.45. The third-order valence-corrected chi connectivity index (χ3v) is 6.57. The number of fused-ring (bicyclic) bond motifs is 5. The van der Waals surface area contributed by atoms with Crippen molar-refractivity contribution in [2.45, 2.75) is 43.9 Å². The molecule has 5 atom stereocenters. The molecule has 0 unspecified atom stereocenters. The van der Waals surface area contributed by atoms with Crippen molar-refractivity contribution in [1.29, 1.82) is 0 Å². The smallest absolute Gasteiger partial charge is 0.347 e. The molecule has 152 valence electrons. The number of hydrogen-bond donors (Lipinski definition) is 1. The summed E-state index contributed by atoms with van der Waals surface area (Å²) in [6.07, 6.45) is -1.84. The number of carbonyl (C=O) groups excluding carboxylic acids is 1. The van der Waals surface area contributed by atoms with E-state index in [4.69, 9.17) is 25.8 Å². The van der Waals surface area contributed by atoms with Crippen LogP contribution in [0.2, 0.25) is 5.02 Å². The van der Waals surface area contributed by atoms with Gasteiger partial charge in [0, 0.05) is 23.6 Å². The lowest BCUT2D eigenvalue weighted by Crippen LogP contribution is -2.52. The van der Waals surface area contributed by atoms with Gasteiger partial charge in [-0.2, -0.15) is 0 Å². The SMILES string of the molecule is O=C1[C@H]2CCn3c(=O)n(Cc4cc5c(cc4Cl)OCO5)c(=O)n3[C@H]2[C@H](O)[C@@H]2O[C@H]12. The number of benzene rings is 1. The summed E-state index contributed by atoms with van der Waals surface area (Å²) in [6.45, 7) is 0.231. The van der Waals surface area contributed by atoms with Gasteiger partial charge in [-0.05, 0) is 18.1 Å². The molecule has 0 amide bonds. The van der Waals surface area contributed by atoms with Crippen molar-refractivity contribution >= 4 is 17.4 Å². The van der Waals surface area contributed by atoms with Gasteiger partial charge in [0.2, 0.25) is 6.79 Å². The number of epoxide rings is 1. The number of hydrogen-bond acceptors (Lipinski definition) is 7. The first-order valence-corrected chi connectivity index (χ1v) is 9.71. The van der Waals surface area contributed by atoms with E-state index in [0.717, 1.165) is 4.57 Å². The highest BCUT2D eigenvalue weighted by atomic mass is 35.5. The Bertz CT molecular complexity index is 1180. The Morgan fingerprint density at radius 1 is 1.14 bits per heavy atom. The van der Waals surface area contributed by atoms with Gasteiger partial charge in [0.25, 0.3) is 0 Å². The van der Waals surface area contributed by atoms with Crippen LogP contribution >= 0.6 is 11.6 Å². The second kappa shape index (κ2) is 5.74. The summed E-state index contributed by atoms with van der Waals surface area (Å²) in [4.78, 5) is 38.6. The van der Waals surface area contributed by atoms with Crippen LogP contribution in [-0.4, -0.2) is 49.9 Å². The lowest BCUT2D eigenvalue weighted by atomic mass is 9.79. The Hall–Kier alpha value is -2.56. The summed E-state index contributed by atoms with van der Waals surface area (Å²) >= 11 is 6.30. The van der Waals surface area contributed by atoms with Crippen LogP contribution < -0.4 is 20.9 Å². The van der Waals surface area contributed by atoms with Gasteiger partial charge in [-0.25, -0.2) is 23.5 Å². The fourth-order valence-corrected chi connectivity index (χ4v) is 4.95. The molecule has 10 nitrogen and oxygen atoms in total. The normalized spacial score (nSPS) is 31.2. The fraction of sp³-hybridized carbons (Fsp3) is 0.500. The quantitative estimate of drug-likeness (QED) is 0.650. The first kappa shape index (κ1) is 17.3. The molecular weight excluding hydrogens is 406 g/mol. The van der Waals surface area contributed by atoms with Crippen LogP contribution in [0.5, 0.6) is 11.5 Å². The molecular formula is C18H16ClN3O7. The Morgan fingerprint density at radius 2 is 1.90 bits per heavy atom. The molecule has 3 aliphatic heterocycles. The number of aliphatic hydroxyl groups is 1. The molecule has 11 heteroatoms. The summed E-state index contributed by atoms with van der Waals surface area (Å²) < 4.78 is 19.5. The zero-order valence-electron chi connectivity index (χ0n) is 15.0. The topological polar surface area (TPSA) is 117 Å². The van der Waals surface area contributed by atoms with Crippen molar-refractivity contribution in [1.82, 2.24) is 13.9 Å². The number of aliphatic hydroxyl groups excluding tert-OH is 1. The third kappa shape index (κ3) is 2.27. The van der Waals surface area contributed by atoms with Crippen molar-refractivity contribution in [2.24, 2.45) is 5.92 Å². The molecule has 1 saturated heterocycles. The number of ketones is 1. The summed E-state index contributed by atoms with van der Waals surface area (Å²) in [5.74, 6) is 0.342. The highest BCUT2D eigenvalue weighted by molar-refractivity contribution is 6.31. The molecule has 6 rings (SSSR count). The average molecular weight is 422 g/mol. The minimum atomic E-state index is -1.02. The van der Waals surface area contributed by atoms with Gasteiger partial charge in [-0.15, -0.1) is 0 Å². The number of aromatic nitrogens is 3. The molecule has 1 N–H and O–H groups in total. The molecule has 0 bridgehead atoms. The molecule has 1 aliphatic carbocycles. The van der Waals surface area contributed by atoms with Crippen molar-refractivity contribution < 1.29 is 24.1 Å². The second-order valence-corrected chi connectivity index (χ2v) is 8.12. The van der Waals surface area contributed by atoms with Crippen LogP contribution in [-0.2, 0) is 22.6 Å². The van der Waals surface area contributed by atoms with Crippen molar-refractivity contribution in [3.05, 3.63) is 43.7 Å². The maximum absolute atomic E-state index is 13.2. The molecule has 2 fully saturated rings. The molecule has 0 radical (unpaired) electrons. The van der Waals surface area contributed by atoms with Crippen molar-refractivity contribution in [3.63, 3.8) is 0 Å². The number of halogens is 1. The number of nitrogens with zero attached hydrogens (tertiary/aromatic N) is 3. The second-order valence-electron chi connectivity index (χ2n) is 7.72. The zero-order chi connectivity index (χ0) is 20.0. The van der Waals surface area contributed by atoms with E-state index in [1.54, 1.807) is 12.1 Å². The Balaban J connectivity index is 1.44. The van der Waals surface area contributed by atoms with Gasteiger partial charge in [0.05, 0.1) is 12.6 Å². The standard InChI is InChI=1S/C18H16ClN3O7/c19-9-4-11-10(27-6-28-11)3-7(9)5-20-17(25)21-2-1-8-12(22(21)18(20)26)14(24)16-15(29-16)13(8)23/h3-4,8,12,14-16,24H,1-2,5-6H2/t8-,12+,14-,15+,16-/m0/s1. The van der Waals surface area contributed by atoms with E-state index >= 15 is 0 Å². The summed E-state index contributed by atoms with van der Waals surface area (Å²) in [5.41, 5.74) is -0.578. The van der Waals surface area contributed by atoms with Crippen LogP contribution in [0.4, 0.5) is 0 Å². The highest BCUT2D eigenvalue weighted by Gasteiger charge is 2.62. The molecule has 29 heavy (non-hydrogen) atoms. The predicted molar refractivity (Wildman–Crippen MR) is 96.4 cm³/mol. The minimum Gasteiger partial charge on any atom is -0.454 e. The predicted octanol–water partition coefficient (Wildman–Crippen LogP) is -0.486. The lowest BCUT2D eigenvalue weighted by molar-refractivity contribution is -0.130. The molecule has 1 saturated carbocycles. The number of ether oxygens (including phenoxy) is 3. The summed E-state index contributed by atoms with van der Waals surface area (Å²) in [7, 11) is 0. The van der Waals surface area contributed by atoms with Crippen LogP contribution in [0.3, 0.4) is 0 Å². The molecule has 4 heterocycles. The minimum absolute atomic E-state index is 0.0654. The maximum Gasteiger partial charge on any atom is 0.347 e. The fourth-order valence-electron chi connectivity index (χ4n) is 4.73. The molecule has 4 aliphatic rings. The van der Waals surface area contributed by atoms with Gasteiger partial charge in [-0.1, -0.05) is 11.6 Å². The Morgan fingerprint density at radius 3 is 2.69 bits per heavy atom. The van der Waals surface area contributed by atoms with Crippen LogP contribution in [0.25, 0.3) is 0 Å². The van der Waals surface area contributed by atoms with Gasteiger partial charge in [-0.3, -0.25) is 4.79 Å². The Labute approximate surface area is 167 Å². The Kier molecular flexibility index (Phi) is 3.43. The van der Waals surface area contributed by atoms with Crippen LogP contribution in [0, 0.1) is 5.92 Å². The molecule has 0 spiro atoms. The summed E-state index contributed by atoms with van der Waals surface area (Å²) in [5, 5.41) is 11.0. The zero-order valence-corrected chi connectivity index (χ0v) is 15.7. The first-order valence-electron chi connectivity index (χ1n) is 9.33. The van der Waals surface area contributed by atoms with Crippen LogP contribution in [0.15, 0.2) is 21.7 Å². The van der Waals surface area contributed by atoms with Gasteiger partial charge >= 0.3 is 11.4 Å². The van der Waals surface area contributed by atoms with Crippen molar-refractivity contribution in [2.75, 3.05) is 6.79 Å². The van der Waals surface area contributed by atoms with Gasteiger partial charge < -0.3 is 19.3 Å². The number of carbonyl (C=O) groups is 1. The number of rotatable bonds is 2. The molecule has 1 aromatic carbocycles. The third-order valence-electron chi connectivity index (χ3n) is 6.21.